The molecule has 1 aliphatic rings. The van der Waals surface area contributed by atoms with E-state index in [1.54, 1.807) is 17.3 Å². The van der Waals surface area contributed by atoms with Crippen LogP contribution >= 0.6 is 0 Å². The molecule has 18 heavy (non-hydrogen) atoms. The smallest absolute Gasteiger partial charge is 0.228 e. The van der Waals surface area contributed by atoms with Crippen molar-refractivity contribution < 1.29 is 4.79 Å². The summed E-state index contributed by atoms with van der Waals surface area (Å²) < 4.78 is 0. The zero-order valence-corrected chi connectivity index (χ0v) is 9.78. The van der Waals surface area contributed by atoms with Crippen LogP contribution in [0.4, 0.5) is 5.82 Å². The normalized spacial score (nSPS) is 15.1. The highest BCUT2D eigenvalue weighted by molar-refractivity contribution is 5.94. The zero-order valence-electron chi connectivity index (χ0n) is 9.78. The van der Waals surface area contributed by atoms with E-state index in [4.69, 9.17) is 0 Å². The Kier molecular flexibility index (Phi) is 2.72. The number of carbonyl (C=O) groups is 1. The molecule has 2 aromatic rings. The Morgan fingerprint density at radius 2 is 1.89 bits per heavy atom. The number of amides is 1. The molecule has 0 atom stereocenters. The summed E-state index contributed by atoms with van der Waals surface area (Å²) in [4.78, 5) is 17.2. The van der Waals surface area contributed by atoms with Gasteiger partial charge >= 0.3 is 0 Å². The number of nitrogens with zero attached hydrogens (tertiary/aromatic N) is 4. The van der Waals surface area contributed by atoms with E-state index >= 15 is 0 Å². The second-order valence-electron chi connectivity index (χ2n) is 4.16. The van der Waals surface area contributed by atoms with Crippen molar-refractivity contribution in [3.63, 3.8) is 0 Å². The molecule has 0 N–H and O–H groups in total. The molecule has 0 bridgehead atoms. The molecule has 3 heterocycles. The fourth-order valence-electron chi connectivity index (χ4n) is 2.04. The second kappa shape index (κ2) is 4.52. The van der Waals surface area contributed by atoms with Gasteiger partial charge in [-0.25, -0.2) is 0 Å². The molecule has 0 unspecified atom stereocenters. The summed E-state index contributed by atoms with van der Waals surface area (Å²) in [5.41, 5.74) is 1.75. The first-order chi connectivity index (χ1) is 8.84. The predicted octanol–water partition coefficient (Wildman–Crippen LogP) is 1.67. The van der Waals surface area contributed by atoms with Gasteiger partial charge in [0.25, 0.3) is 0 Å². The highest BCUT2D eigenvalue weighted by Crippen LogP contribution is 2.21. The maximum Gasteiger partial charge on any atom is 0.228 e. The number of anilines is 1. The van der Waals surface area contributed by atoms with Crippen LogP contribution in [-0.4, -0.2) is 27.6 Å². The maximum absolute atomic E-state index is 11.6. The van der Waals surface area contributed by atoms with E-state index in [2.05, 4.69) is 15.2 Å². The highest BCUT2D eigenvalue weighted by Gasteiger charge is 2.22. The summed E-state index contributed by atoms with van der Waals surface area (Å²) in [7, 11) is 0. The van der Waals surface area contributed by atoms with Gasteiger partial charge in [0.05, 0.1) is 5.69 Å². The topological polar surface area (TPSA) is 59.0 Å². The molecule has 1 saturated heterocycles. The summed E-state index contributed by atoms with van der Waals surface area (Å²) >= 11 is 0. The average Bonchev–Trinajstić information content (AvgIpc) is 2.86. The molecular formula is C13H12N4O. The summed E-state index contributed by atoms with van der Waals surface area (Å²) in [6, 6.07) is 7.48. The first-order valence-electron chi connectivity index (χ1n) is 5.89. The van der Waals surface area contributed by atoms with Crippen LogP contribution in [0.15, 0.2) is 36.7 Å². The Bertz CT molecular complexity index is 553. The summed E-state index contributed by atoms with van der Waals surface area (Å²) in [5.74, 6) is 0.760. The van der Waals surface area contributed by atoms with Crippen LogP contribution in [0.25, 0.3) is 11.3 Å². The van der Waals surface area contributed by atoms with Crippen molar-refractivity contribution >= 4 is 11.7 Å². The fraction of sp³-hybridized carbons (Fsp3) is 0.231. The number of pyridine rings is 1. The van der Waals surface area contributed by atoms with E-state index in [0.717, 1.165) is 24.2 Å². The van der Waals surface area contributed by atoms with E-state index in [1.807, 2.05) is 24.3 Å². The molecule has 0 aliphatic carbocycles. The minimum atomic E-state index is 0.126. The summed E-state index contributed by atoms with van der Waals surface area (Å²) in [5, 5.41) is 8.28. The van der Waals surface area contributed by atoms with Gasteiger partial charge in [0.2, 0.25) is 5.91 Å². The van der Waals surface area contributed by atoms with Gasteiger partial charge in [-0.15, -0.1) is 10.2 Å². The van der Waals surface area contributed by atoms with Crippen LogP contribution in [0, 0.1) is 0 Å². The van der Waals surface area contributed by atoms with Gasteiger partial charge in [-0.3, -0.25) is 14.7 Å². The molecule has 1 fully saturated rings. The number of rotatable bonds is 2. The van der Waals surface area contributed by atoms with Crippen LogP contribution in [0.2, 0.25) is 0 Å². The Morgan fingerprint density at radius 1 is 1.06 bits per heavy atom. The van der Waals surface area contributed by atoms with Gasteiger partial charge in [-0.2, -0.15) is 0 Å². The van der Waals surface area contributed by atoms with Crippen molar-refractivity contribution in [2.24, 2.45) is 0 Å². The minimum Gasteiger partial charge on any atom is -0.295 e. The lowest BCUT2D eigenvalue weighted by Gasteiger charge is -2.13. The first-order valence-corrected chi connectivity index (χ1v) is 5.89. The van der Waals surface area contributed by atoms with Gasteiger partial charge in [-0.05, 0) is 30.7 Å². The van der Waals surface area contributed by atoms with Crippen LogP contribution in [0.3, 0.4) is 0 Å². The summed E-state index contributed by atoms with van der Waals surface area (Å²) in [6.45, 7) is 0.738. The second-order valence-corrected chi connectivity index (χ2v) is 4.16. The van der Waals surface area contributed by atoms with E-state index < -0.39 is 0 Å². The van der Waals surface area contributed by atoms with E-state index in [0.29, 0.717) is 12.2 Å². The highest BCUT2D eigenvalue weighted by atomic mass is 16.2. The molecular weight excluding hydrogens is 228 g/mol. The van der Waals surface area contributed by atoms with Gasteiger partial charge in [-0.1, -0.05) is 0 Å². The first kappa shape index (κ1) is 10.8. The molecule has 90 valence electrons. The number of hydrogen-bond donors (Lipinski definition) is 0. The third-order valence-electron chi connectivity index (χ3n) is 2.98. The number of carbonyl (C=O) groups excluding carboxylic acids is 1. The molecule has 2 aromatic heterocycles. The van der Waals surface area contributed by atoms with E-state index in [-0.39, 0.29) is 5.91 Å². The Morgan fingerprint density at radius 3 is 2.50 bits per heavy atom. The SMILES string of the molecule is O=C1CCCN1c1ccc(-c2ccncc2)nn1. The van der Waals surface area contributed by atoms with Crippen molar-refractivity contribution in [3.05, 3.63) is 36.7 Å². The molecule has 0 spiro atoms. The average molecular weight is 240 g/mol. The largest absolute Gasteiger partial charge is 0.295 e. The Hall–Kier alpha value is -2.30. The zero-order chi connectivity index (χ0) is 12.4. The van der Waals surface area contributed by atoms with Crippen molar-refractivity contribution in [1.82, 2.24) is 15.2 Å². The third kappa shape index (κ3) is 1.95. The number of aromatic nitrogens is 3. The molecule has 3 rings (SSSR count). The molecule has 5 nitrogen and oxygen atoms in total. The van der Waals surface area contributed by atoms with Crippen molar-refractivity contribution in [2.45, 2.75) is 12.8 Å². The minimum absolute atomic E-state index is 0.126. The molecule has 5 heteroatoms. The van der Waals surface area contributed by atoms with Gasteiger partial charge < -0.3 is 0 Å². The Balaban J connectivity index is 1.87. The lowest BCUT2D eigenvalue weighted by atomic mass is 10.2. The van der Waals surface area contributed by atoms with Crippen LogP contribution in [-0.2, 0) is 4.79 Å². The van der Waals surface area contributed by atoms with Crippen LogP contribution < -0.4 is 4.90 Å². The fourth-order valence-corrected chi connectivity index (χ4v) is 2.04. The van der Waals surface area contributed by atoms with E-state index in [9.17, 15) is 4.79 Å². The van der Waals surface area contributed by atoms with Crippen molar-refractivity contribution in [3.8, 4) is 11.3 Å². The quantitative estimate of drug-likeness (QED) is 0.801. The predicted molar refractivity (Wildman–Crippen MR) is 66.9 cm³/mol. The number of hydrogen-bond acceptors (Lipinski definition) is 4. The van der Waals surface area contributed by atoms with Gasteiger partial charge in [0.15, 0.2) is 5.82 Å². The molecule has 1 aliphatic heterocycles. The molecule has 0 saturated carbocycles. The lowest BCUT2D eigenvalue weighted by molar-refractivity contribution is -0.117. The van der Waals surface area contributed by atoms with Crippen molar-refractivity contribution in [1.29, 1.82) is 0 Å². The standard InChI is InChI=1S/C13H12N4O/c18-13-2-1-9-17(13)12-4-3-11(15-16-12)10-5-7-14-8-6-10/h3-8H,1-2,9H2. The van der Waals surface area contributed by atoms with Gasteiger partial charge in [0, 0.05) is 30.9 Å². The van der Waals surface area contributed by atoms with Gasteiger partial charge in [0.1, 0.15) is 0 Å². The van der Waals surface area contributed by atoms with E-state index in [1.165, 1.54) is 0 Å². The molecule has 1 amide bonds. The van der Waals surface area contributed by atoms with Crippen molar-refractivity contribution in [2.75, 3.05) is 11.4 Å². The summed E-state index contributed by atoms with van der Waals surface area (Å²) in [6.07, 6.45) is 4.93. The molecule has 0 radical (unpaired) electrons. The molecule has 0 aromatic carbocycles. The maximum atomic E-state index is 11.6. The lowest BCUT2D eigenvalue weighted by Crippen LogP contribution is -2.24. The Labute approximate surface area is 104 Å². The van der Waals surface area contributed by atoms with Crippen LogP contribution in [0.5, 0.6) is 0 Å². The monoisotopic (exact) mass is 240 g/mol. The third-order valence-corrected chi connectivity index (χ3v) is 2.98. The van der Waals surface area contributed by atoms with Crippen LogP contribution in [0.1, 0.15) is 12.8 Å².